The second-order valence-electron chi connectivity index (χ2n) is 6.66. The van der Waals surface area contributed by atoms with Gasteiger partial charge in [-0.15, -0.1) is 0 Å². The summed E-state index contributed by atoms with van der Waals surface area (Å²) in [6.07, 6.45) is 2.04. The van der Waals surface area contributed by atoms with Gasteiger partial charge in [0.15, 0.2) is 5.69 Å². The number of ether oxygens (including phenoxy) is 1. The third-order valence-electron chi connectivity index (χ3n) is 4.82. The first-order chi connectivity index (χ1) is 12.0. The summed E-state index contributed by atoms with van der Waals surface area (Å²) in [5.74, 6) is 2.01. The molecule has 1 aromatic heterocycles. The number of methoxy groups -OCH3 is 1. The molecular weight excluding hydrogens is 318 g/mol. The van der Waals surface area contributed by atoms with Crippen molar-refractivity contribution in [3.05, 3.63) is 35.7 Å². The highest BCUT2D eigenvalue weighted by Crippen LogP contribution is 2.26. The van der Waals surface area contributed by atoms with Crippen molar-refractivity contribution in [2.45, 2.75) is 32.7 Å². The van der Waals surface area contributed by atoms with E-state index in [1.807, 2.05) is 36.1 Å². The Morgan fingerprint density at radius 1 is 1.40 bits per heavy atom. The van der Waals surface area contributed by atoms with Crippen molar-refractivity contribution in [2.75, 3.05) is 20.2 Å². The summed E-state index contributed by atoms with van der Waals surface area (Å²) in [6.45, 7) is 5.20. The molecule has 2 atom stereocenters. The summed E-state index contributed by atoms with van der Waals surface area (Å²) >= 11 is 0. The van der Waals surface area contributed by atoms with Crippen molar-refractivity contribution < 1.29 is 13.9 Å². The van der Waals surface area contributed by atoms with Gasteiger partial charge in [-0.2, -0.15) is 0 Å². The van der Waals surface area contributed by atoms with E-state index in [0.29, 0.717) is 29.8 Å². The second-order valence-corrected chi connectivity index (χ2v) is 6.66. The lowest BCUT2D eigenvalue weighted by molar-refractivity contribution is 0.0654. The van der Waals surface area contributed by atoms with Crippen LogP contribution in [0.25, 0.3) is 11.5 Å². The Labute approximate surface area is 148 Å². The van der Waals surface area contributed by atoms with Gasteiger partial charge < -0.3 is 19.8 Å². The highest BCUT2D eigenvalue weighted by atomic mass is 16.5. The van der Waals surface area contributed by atoms with E-state index in [-0.39, 0.29) is 11.9 Å². The minimum absolute atomic E-state index is 0.0774. The summed E-state index contributed by atoms with van der Waals surface area (Å²) in [4.78, 5) is 19.2. The van der Waals surface area contributed by atoms with E-state index in [4.69, 9.17) is 14.9 Å². The maximum atomic E-state index is 12.9. The standard InChI is InChI=1S/C19H25N3O3/c1-12(20)15-5-4-10-22(11-15)19(23)17-13(2)25-18(21-17)14-6-8-16(24-3)9-7-14/h6-9,12,15H,4-5,10-11,20H2,1-3H3/t12-,15-/m0/s1. The van der Waals surface area contributed by atoms with E-state index in [0.717, 1.165) is 30.7 Å². The van der Waals surface area contributed by atoms with Gasteiger partial charge in [0.1, 0.15) is 11.5 Å². The molecule has 2 N–H and O–H groups in total. The van der Waals surface area contributed by atoms with Crippen LogP contribution in [0.15, 0.2) is 28.7 Å². The summed E-state index contributed by atoms with van der Waals surface area (Å²) in [5, 5.41) is 0. The lowest BCUT2D eigenvalue weighted by Crippen LogP contribution is -2.45. The van der Waals surface area contributed by atoms with Crippen molar-refractivity contribution in [3.8, 4) is 17.2 Å². The zero-order chi connectivity index (χ0) is 18.0. The molecular formula is C19H25N3O3. The lowest BCUT2D eigenvalue weighted by Gasteiger charge is -2.34. The van der Waals surface area contributed by atoms with Crippen LogP contribution in [0.2, 0.25) is 0 Å². The Morgan fingerprint density at radius 3 is 2.76 bits per heavy atom. The number of hydrogen-bond acceptors (Lipinski definition) is 5. The molecule has 3 rings (SSSR count). The fraction of sp³-hybridized carbons (Fsp3) is 0.474. The van der Waals surface area contributed by atoms with Crippen LogP contribution in [0.4, 0.5) is 0 Å². The number of oxazole rings is 1. The van der Waals surface area contributed by atoms with E-state index < -0.39 is 0 Å². The largest absolute Gasteiger partial charge is 0.497 e. The van der Waals surface area contributed by atoms with E-state index in [1.165, 1.54) is 0 Å². The number of carbonyl (C=O) groups excluding carboxylic acids is 1. The van der Waals surface area contributed by atoms with Crippen molar-refractivity contribution in [3.63, 3.8) is 0 Å². The van der Waals surface area contributed by atoms with Crippen LogP contribution in [0.5, 0.6) is 5.75 Å². The molecule has 0 aliphatic carbocycles. The van der Waals surface area contributed by atoms with Gasteiger partial charge in [-0.25, -0.2) is 4.98 Å². The molecule has 1 aromatic carbocycles. The van der Waals surface area contributed by atoms with Gasteiger partial charge in [0.2, 0.25) is 5.89 Å². The average molecular weight is 343 g/mol. The first kappa shape index (κ1) is 17.5. The molecule has 2 heterocycles. The minimum atomic E-state index is -0.0774. The topological polar surface area (TPSA) is 81.6 Å². The van der Waals surface area contributed by atoms with E-state index in [9.17, 15) is 4.79 Å². The predicted octanol–water partition coefficient (Wildman–Crippen LogP) is 2.86. The Hall–Kier alpha value is -2.34. The predicted molar refractivity (Wildman–Crippen MR) is 95.5 cm³/mol. The van der Waals surface area contributed by atoms with Gasteiger partial charge in [0, 0.05) is 24.7 Å². The first-order valence-corrected chi connectivity index (χ1v) is 8.66. The molecule has 0 saturated carbocycles. The zero-order valence-electron chi connectivity index (χ0n) is 15.0. The van der Waals surface area contributed by atoms with E-state index in [2.05, 4.69) is 4.98 Å². The Morgan fingerprint density at radius 2 is 2.12 bits per heavy atom. The number of benzene rings is 1. The monoisotopic (exact) mass is 343 g/mol. The molecule has 2 aromatic rings. The number of nitrogens with zero attached hydrogens (tertiary/aromatic N) is 2. The fourth-order valence-corrected chi connectivity index (χ4v) is 3.23. The van der Waals surface area contributed by atoms with Gasteiger partial charge in [0.05, 0.1) is 7.11 Å². The van der Waals surface area contributed by atoms with E-state index in [1.54, 1.807) is 14.0 Å². The van der Waals surface area contributed by atoms with Crippen molar-refractivity contribution in [2.24, 2.45) is 11.7 Å². The number of amides is 1. The normalized spacial score (nSPS) is 18.9. The van der Waals surface area contributed by atoms with Crippen LogP contribution in [-0.4, -0.2) is 42.0 Å². The fourth-order valence-electron chi connectivity index (χ4n) is 3.23. The van der Waals surface area contributed by atoms with Gasteiger partial charge in [-0.3, -0.25) is 4.79 Å². The molecule has 0 unspecified atom stereocenters. The number of rotatable bonds is 4. The smallest absolute Gasteiger partial charge is 0.276 e. The van der Waals surface area contributed by atoms with Crippen LogP contribution in [0.1, 0.15) is 36.0 Å². The highest BCUT2D eigenvalue weighted by Gasteiger charge is 2.29. The molecule has 0 bridgehead atoms. The van der Waals surface area contributed by atoms with Crippen LogP contribution in [0, 0.1) is 12.8 Å². The Balaban J connectivity index is 1.80. The van der Waals surface area contributed by atoms with Crippen LogP contribution in [0.3, 0.4) is 0 Å². The molecule has 1 amide bonds. The van der Waals surface area contributed by atoms with Gasteiger partial charge >= 0.3 is 0 Å². The number of aryl methyl sites for hydroxylation is 1. The number of carbonyl (C=O) groups is 1. The van der Waals surface area contributed by atoms with Crippen molar-refractivity contribution in [1.29, 1.82) is 0 Å². The zero-order valence-corrected chi connectivity index (χ0v) is 15.0. The molecule has 1 aliphatic rings. The molecule has 1 aliphatic heterocycles. The van der Waals surface area contributed by atoms with Crippen molar-refractivity contribution >= 4 is 5.91 Å². The molecule has 25 heavy (non-hydrogen) atoms. The quantitative estimate of drug-likeness (QED) is 0.923. The molecule has 134 valence electrons. The van der Waals surface area contributed by atoms with Gasteiger partial charge in [-0.1, -0.05) is 0 Å². The summed E-state index contributed by atoms with van der Waals surface area (Å²) in [6, 6.07) is 7.50. The average Bonchev–Trinajstić information content (AvgIpc) is 3.03. The Kier molecular flexibility index (Phi) is 5.08. The molecule has 6 heteroatoms. The SMILES string of the molecule is COc1ccc(-c2nc(C(=O)N3CCC[C@H]([C@H](C)N)C3)c(C)o2)cc1. The number of likely N-dealkylation sites (tertiary alicyclic amines) is 1. The number of hydrogen-bond donors (Lipinski definition) is 1. The van der Waals surface area contributed by atoms with Crippen LogP contribution < -0.4 is 10.5 Å². The lowest BCUT2D eigenvalue weighted by atomic mass is 9.92. The molecule has 1 saturated heterocycles. The third-order valence-corrected chi connectivity index (χ3v) is 4.82. The number of piperidine rings is 1. The van der Waals surface area contributed by atoms with Crippen molar-refractivity contribution in [1.82, 2.24) is 9.88 Å². The van der Waals surface area contributed by atoms with Crippen LogP contribution in [-0.2, 0) is 0 Å². The van der Waals surface area contributed by atoms with Gasteiger partial charge in [-0.05, 0) is 56.9 Å². The molecule has 1 fully saturated rings. The minimum Gasteiger partial charge on any atom is -0.497 e. The first-order valence-electron chi connectivity index (χ1n) is 8.66. The summed E-state index contributed by atoms with van der Waals surface area (Å²) in [5.41, 5.74) is 7.22. The molecule has 0 spiro atoms. The number of nitrogens with two attached hydrogens (primary N) is 1. The molecule has 6 nitrogen and oxygen atoms in total. The van der Waals surface area contributed by atoms with E-state index >= 15 is 0 Å². The summed E-state index contributed by atoms with van der Waals surface area (Å²) < 4.78 is 10.9. The summed E-state index contributed by atoms with van der Waals surface area (Å²) in [7, 11) is 1.62. The third kappa shape index (κ3) is 3.69. The van der Waals surface area contributed by atoms with Crippen LogP contribution >= 0.6 is 0 Å². The van der Waals surface area contributed by atoms with Gasteiger partial charge in [0.25, 0.3) is 5.91 Å². The maximum Gasteiger partial charge on any atom is 0.276 e. The number of aromatic nitrogens is 1. The second kappa shape index (κ2) is 7.27. The maximum absolute atomic E-state index is 12.9. The highest BCUT2D eigenvalue weighted by molar-refractivity contribution is 5.93. The Bertz CT molecular complexity index is 737. The molecule has 0 radical (unpaired) electrons.